The summed E-state index contributed by atoms with van der Waals surface area (Å²) in [7, 11) is 1.17. The lowest BCUT2D eigenvalue weighted by atomic mass is 10.3. The van der Waals surface area contributed by atoms with Crippen LogP contribution in [0.1, 0.15) is 12.5 Å². The number of hydrogen-bond acceptors (Lipinski definition) is 6. The molecule has 1 heterocycles. The second-order valence-electron chi connectivity index (χ2n) is 4.83. The molecule has 138 valence electrons. The monoisotopic (exact) mass is 389 g/mol. The van der Waals surface area contributed by atoms with Gasteiger partial charge in [0.05, 0.1) is 24.0 Å². The number of esters is 1. The van der Waals surface area contributed by atoms with Gasteiger partial charge in [0.2, 0.25) is 5.88 Å². The van der Waals surface area contributed by atoms with Crippen LogP contribution in [0.5, 0.6) is 11.6 Å². The van der Waals surface area contributed by atoms with Gasteiger partial charge in [-0.15, -0.1) is 13.2 Å². The Kier molecular flexibility index (Phi) is 5.62. The fraction of sp³-hybridized carbons (Fsp3) is 0.267. The van der Waals surface area contributed by atoms with E-state index in [-0.39, 0.29) is 22.2 Å². The summed E-state index contributed by atoms with van der Waals surface area (Å²) in [6.07, 6.45) is -4.76. The minimum Gasteiger partial charge on any atom is -0.466 e. The largest absolute Gasteiger partial charge is 0.573 e. The van der Waals surface area contributed by atoms with Crippen LogP contribution in [0, 0.1) is 11.3 Å². The lowest BCUT2D eigenvalue weighted by Crippen LogP contribution is -2.26. The number of nitriles is 1. The number of ether oxygens (including phenoxy) is 3. The highest BCUT2D eigenvalue weighted by Gasteiger charge is 2.31. The van der Waals surface area contributed by atoms with Gasteiger partial charge in [-0.1, -0.05) is 11.6 Å². The molecule has 26 heavy (non-hydrogen) atoms. The first-order chi connectivity index (χ1) is 12.2. The molecule has 0 bridgehead atoms. The first kappa shape index (κ1) is 19.4. The maximum atomic E-state index is 12.3. The number of carbonyl (C=O) groups is 1. The van der Waals surface area contributed by atoms with E-state index < -0.39 is 24.2 Å². The fourth-order valence-corrected chi connectivity index (χ4v) is 2.19. The zero-order valence-corrected chi connectivity index (χ0v) is 14.1. The Morgan fingerprint density at radius 2 is 2.12 bits per heavy atom. The van der Waals surface area contributed by atoms with Gasteiger partial charge in [0.25, 0.3) is 0 Å². The van der Waals surface area contributed by atoms with Gasteiger partial charge in [0, 0.05) is 6.07 Å². The molecule has 7 nitrogen and oxygen atoms in total. The molecule has 0 amide bonds. The van der Waals surface area contributed by atoms with Crippen molar-refractivity contribution in [3.8, 4) is 23.4 Å². The van der Waals surface area contributed by atoms with Crippen LogP contribution in [-0.4, -0.2) is 35.3 Å². The molecule has 1 atom stereocenters. The number of halogens is 4. The number of methoxy groups -OCH3 is 1. The first-order valence-electron chi connectivity index (χ1n) is 6.94. The lowest BCUT2D eigenvalue weighted by Gasteiger charge is -2.15. The van der Waals surface area contributed by atoms with E-state index in [0.29, 0.717) is 0 Å². The lowest BCUT2D eigenvalue weighted by molar-refractivity contribution is -0.274. The molecule has 1 unspecified atom stereocenters. The van der Waals surface area contributed by atoms with Crippen molar-refractivity contribution >= 4 is 17.6 Å². The summed E-state index contributed by atoms with van der Waals surface area (Å²) < 4.78 is 51.7. The number of alkyl halides is 3. The molecular weight excluding hydrogens is 379 g/mol. The van der Waals surface area contributed by atoms with Crippen LogP contribution in [0.25, 0.3) is 5.69 Å². The highest BCUT2D eigenvalue weighted by atomic mass is 35.5. The second-order valence-corrected chi connectivity index (χ2v) is 5.24. The molecule has 0 aliphatic rings. The number of rotatable bonds is 5. The molecule has 0 N–H and O–H groups in total. The van der Waals surface area contributed by atoms with E-state index in [1.807, 2.05) is 6.07 Å². The average molecular weight is 390 g/mol. The van der Waals surface area contributed by atoms with E-state index in [1.165, 1.54) is 20.1 Å². The predicted molar refractivity (Wildman–Crippen MR) is 82.1 cm³/mol. The van der Waals surface area contributed by atoms with Crippen LogP contribution >= 0.6 is 11.6 Å². The molecular formula is C15H11ClF3N3O4. The Bertz CT molecular complexity index is 861. The summed E-state index contributed by atoms with van der Waals surface area (Å²) in [5.74, 6) is -1.33. The summed E-state index contributed by atoms with van der Waals surface area (Å²) in [4.78, 5) is 11.5. The van der Waals surface area contributed by atoms with Gasteiger partial charge < -0.3 is 14.2 Å². The molecule has 0 aliphatic heterocycles. The number of hydrogen-bond donors (Lipinski definition) is 0. The fourth-order valence-electron chi connectivity index (χ4n) is 1.94. The summed E-state index contributed by atoms with van der Waals surface area (Å²) in [5, 5.41) is 12.9. The second kappa shape index (κ2) is 7.53. The van der Waals surface area contributed by atoms with Crippen molar-refractivity contribution in [3.05, 3.63) is 35.0 Å². The average Bonchev–Trinajstić information content (AvgIpc) is 2.95. The van der Waals surface area contributed by atoms with Crippen molar-refractivity contribution < 1.29 is 32.2 Å². The SMILES string of the molecule is COC(=O)C(C)Oc1c(C#N)cnn1-c1ccc(OC(F)(F)F)cc1Cl. The molecule has 0 spiro atoms. The highest BCUT2D eigenvalue weighted by molar-refractivity contribution is 6.32. The Morgan fingerprint density at radius 1 is 1.42 bits per heavy atom. The Labute approximate surface area is 150 Å². The smallest absolute Gasteiger partial charge is 0.466 e. The number of benzene rings is 1. The van der Waals surface area contributed by atoms with Crippen molar-refractivity contribution in [2.24, 2.45) is 0 Å². The van der Waals surface area contributed by atoms with E-state index >= 15 is 0 Å². The standard InChI is InChI=1S/C15H11ClF3N3O4/c1-8(14(23)24-2)25-13-9(6-20)7-21-22(13)12-4-3-10(5-11(12)16)26-15(17,18)19/h3-5,7-8H,1-2H3. The Morgan fingerprint density at radius 3 is 2.65 bits per heavy atom. The quantitative estimate of drug-likeness (QED) is 0.730. The van der Waals surface area contributed by atoms with Crippen LogP contribution in [0.4, 0.5) is 13.2 Å². The normalized spacial score (nSPS) is 12.2. The van der Waals surface area contributed by atoms with Crippen LogP contribution in [0.2, 0.25) is 5.02 Å². The molecule has 0 aliphatic carbocycles. The third kappa shape index (κ3) is 4.37. The third-order valence-electron chi connectivity index (χ3n) is 3.05. The molecule has 2 aromatic rings. The minimum absolute atomic E-state index is 0.00700. The molecule has 2 rings (SSSR count). The van der Waals surface area contributed by atoms with Crippen LogP contribution < -0.4 is 9.47 Å². The Balaban J connectivity index is 2.41. The van der Waals surface area contributed by atoms with Crippen LogP contribution in [0.3, 0.4) is 0 Å². The minimum atomic E-state index is -4.87. The number of carbonyl (C=O) groups excluding carboxylic acids is 1. The van der Waals surface area contributed by atoms with Crippen molar-refractivity contribution in [2.75, 3.05) is 7.11 Å². The van der Waals surface area contributed by atoms with E-state index in [2.05, 4.69) is 14.6 Å². The van der Waals surface area contributed by atoms with E-state index in [9.17, 15) is 18.0 Å². The zero-order chi connectivity index (χ0) is 19.5. The van der Waals surface area contributed by atoms with E-state index in [1.54, 1.807) is 0 Å². The predicted octanol–water partition coefficient (Wildman–Crippen LogP) is 3.24. The van der Waals surface area contributed by atoms with Gasteiger partial charge in [0.1, 0.15) is 17.4 Å². The van der Waals surface area contributed by atoms with Gasteiger partial charge in [-0.3, -0.25) is 0 Å². The van der Waals surface area contributed by atoms with Crippen molar-refractivity contribution in [3.63, 3.8) is 0 Å². The molecule has 0 fully saturated rings. The molecule has 1 aromatic heterocycles. The van der Waals surface area contributed by atoms with Crippen molar-refractivity contribution in [2.45, 2.75) is 19.4 Å². The molecule has 0 radical (unpaired) electrons. The zero-order valence-electron chi connectivity index (χ0n) is 13.4. The van der Waals surface area contributed by atoms with Gasteiger partial charge in [-0.05, 0) is 19.1 Å². The van der Waals surface area contributed by atoms with Gasteiger partial charge in [-0.25, -0.2) is 4.79 Å². The number of nitrogens with zero attached hydrogens (tertiary/aromatic N) is 3. The van der Waals surface area contributed by atoms with Crippen LogP contribution in [0.15, 0.2) is 24.4 Å². The summed E-state index contributed by atoms with van der Waals surface area (Å²) >= 11 is 6.01. The van der Waals surface area contributed by atoms with Crippen molar-refractivity contribution in [1.82, 2.24) is 9.78 Å². The number of aromatic nitrogens is 2. The third-order valence-corrected chi connectivity index (χ3v) is 3.35. The molecule has 0 saturated carbocycles. The van der Waals surface area contributed by atoms with Gasteiger partial charge >= 0.3 is 12.3 Å². The molecule has 0 saturated heterocycles. The van der Waals surface area contributed by atoms with E-state index in [0.717, 1.165) is 23.0 Å². The first-order valence-corrected chi connectivity index (χ1v) is 7.32. The van der Waals surface area contributed by atoms with Crippen LogP contribution in [-0.2, 0) is 9.53 Å². The summed E-state index contributed by atoms with van der Waals surface area (Å²) in [6.45, 7) is 1.40. The van der Waals surface area contributed by atoms with Gasteiger partial charge in [-0.2, -0.15) is 15.0 Å². The Hall–Kier alpha value is -2.93. The van der Waals surface area contributed by atoms with Crippen molar-refractivity contribution in [1.29, 1.82) is 5.26 Å². The highest BCUT2D eigenvalue weighted by Crippen LogP contribution is 2.32. The maximum Gasteiger partial charge on any atom is 0.573 e. The maximum absolute atomic E-state index is 12.3. The molecule has 11 heteroatoms. The molecule has 1 aromatic carbocycles. The summed E-state index contributed by atoms with van der Waals surface area (Å²) in [5.41, 5.74) is 0.113. The topological polar surface area (TPSA) is 86.4 Å². The summed E-state index contributed by atoms with van der Waals surface area (Å²) in [6, 6.07) is 4.99. The van der Waals surface area contributed by atoms with E-state index in [4.69, 9.17) is 21.6 Å². The van der Waals surface area contributed by atoms with Gasteiger partial charge in [0.15, 0.2) is 6.10 Å².